The van der Waals surface area contributed by atoms with E-state index in [1.54, 1.807) is 0 Å². The van der Waals surface area contributed by atoms with Crippen LogP contribution >= 0.6 is 15.9 Å². The zero-order valence-electron chi connectivity index (χ0n) is 18.7. The molecule has 1 N–H and O–H groups in total. The van der Waals surface area contributed by atoms with Crippen molar-refractivity contribution in [3.63, 3.8) is 0 Å². The van der Waals surface area contributed by atoms with E-state index in [-0.39, 0.29) is 12.1 Å². The van der Waals surface area contributed by atoms with Crippen molar-refractivity contribution in [3.8, 4) is 5.75 Å². The van der Waals surface area contributed by atoms with Gasteiger partial charge in [-0.15, -0.1) is 0 Å². The van der Waals surface area contributed by atoms with Crippen LogP contribution in [0, 0.1) is 0 Å². The number of benzene rings is 2. The van der Waals surface area contributed by atoms with Gasteiger partial charge in [0.2, 0.25) is 0 Å². The third-order valence-corrected chi connectivity index (χ3v) is 5.80. The van der Waals surface area contributed by atoms with Crippen molar-refractivity contribution < 1.29 is 14.3 Å². The fourth-order valence-electron chi connectivity index (χ4n) is 3.69. The van der Waals surface area contributed by atoms with Crippen LogP contribution < -0.4 is 10.1 Å². The number of rotatable bonds is 7. The van der Waals surface area contributed by atoms with Gasteiger partial charge in [0.25, 0.3) is 0 Å². The second-order valence-electron chi connectivity index (χ2n) is 9.08. The van der Waals surface area contributed by atoms with Crippen molar-refractivity contribution in [1.29, 1.82) is 0 Å². The average molecular weight is 489 g/mol. The van der Waals surface area contributed by atoms with E-state index in [2.05, 4.69) is 50.4 Å². The summed E-state index contributed by atoms with van der Waals surface area (Å²) >= 11 is 3.65. The highest BCUT2D eigenvalue weighted by Gasteiger charge is 2.24. The molecule has 1 aliphatic rings. The van der Waals surface area contributed by atoms with Crippen LogP contribution in [0.3, 0.4) is 0 Å². The summed E-state index contributed by atoms with van der Waals surface area (Å²) in [6.45, 7) is 9.09. The lowest BCUT2D eigenvalue weighted by molar-refractivity contribution is 0.0472. The van der Waals surface area contributed by atoms with E-state index in [4.69, 9.17) is 9.47 Å². The zero-order chi connectivity index (χ0) is 22.3. The lowest BCUT2D eigenvalue weighted by Crippen LogP contribution is -2.49. The van der Waals surface area contributed by atoms with Gasteiger partial charge in [0.1, 0.15) is 18.0 Å². The minimum atomic E-state index is -0.469. The van der Waals surface area contributed by atoms with Crippen LogP contribution in [0.1, 0.15) is 44.7 Å². The lowest BCUT2D eigenvalue weighted by Gasteiger charge is -2.33. The Bertz CT molecular complexity index is 852. The van der Waals surface area contributed by atoms with Crippen molar-refractivity contribution in [1.82, 2.24) is 10.2 Å². The largest absolute Gasteiger partial charge is 0.488 e. The number of carbonyl (C=O) groups excluding carboxylic acids is 1. The summed E-state index contributed by atoms with van der Waals surface area (Å²) in [7, 11) is 0. The summed E-state index contributed by atoms with van der Waals surface area (Å²) in [4.78, 5) is 14.5. The Morgan fingerprint density at radius 1 is 1.16 bits per heavy atom. The molecule has 2 aromatic rings. The van der Waals surface area contributed by atoms with Gasteiger partial charge in [-0.3, -0.25) is 0 Å². The Morgan fingerprint density at radius 3 is 2.65 bits per heavy atom. The smallest absolute Gasteiger partial charge is 0.407 e. The summed E-state index contributed by atoms with van der Waals surface area (Å²) in [6, 6.07) is 16.6. The molecule has 31 heavy (non-hydrogen) atoms. The van der Waals surface area contributed by atoms with Gasteiger partial charge in [0.15, 0.2) is 0 Å². The van der Waals surface area contributed by atoms with Crippen LogP contribution in [0.4, 0.5) is 4.79 Å². The van der Waals surface area contributed by atoms with Gasteiger partial charge in [-0.1, -0.05) is 36.4 Å². The van der Waals surface area contributed by atoms with Gasteiger partial charge in [-0.25, -0.2) is 4.79 Å². The quantitative estimate of drug-likeness (QED) is 0.554. The van der Waals surface area contributed by atoms with Crippen molar-refractivity contribution in [3.05, 3.63) is 64.1 Å². The van der Waals surface area contributed by atoms with Crippen LogP contribution in [0.25, 0.3) is 0 Å². The number of likely N-dealkylation sites (tertiary alicyclic amines) is 1. The number of carbonyl (C=O) groups is 1. The predicted molar refractivity (Wildman–Crippen MR) is 127 cm³/mol. The van der Waals surface area contributed by atoms with Gasteiger partial charge in [-0.05, 0) is 85.8 Å². The van der Waals surface area contributed by atoms with E-state index in [9.17, 15) is 4.79 Å². The van der Waals surface area contributed by atoms with E-state index >= 15 is 0 Å². The molecule has 0 bridgehead atoms. The van der Waals surface area contributed by atoms with Gasteiger partial charge in [-0.2, -0.15) is 0 Å². The molecule has 0 unspecified atom stereocenters. The summed E-state index contributed by atoms with van der Waals surface area (Å²) < 4.78 is 12.3. The van der Waals surface area contributed by atoms with Crippen LogP contribution in [0.2, 0.25) is 0 Å². The molecule has 1 saturated heterocycles. The first-order valence-electron chi connectivity index (χ1n) is 11.0. The van der Waals surface area contributed by atoms with E-state index in [1.165, 1.54) is 5.56 Å². The molecule has 5 nitrogen and oxygen atoms in total. The number of nitrogens with zero attached hydrogens (tertiary/aromatic N) is 1. The molecule has 2 aromatic carbocycles. The number of ether oxygens (including phenoxy) is 2. The highest BCUT2D eigenvalue weighted by Crippen LogP contribution is 2.27. The lowest BCUT2D eigenvalue weighted by atomic mass is 10.0. The van der Waals surface area contributed by atoms with Crippen LogP contribution in [-0.4, -0.2) is 42.3 Å². The number of amides is 1. The minimum absolute atomic E-state index is 0.143. The third kappa shape index (κ3) is 8.19. The molecule has 0 aromatic heterocycles. The molecule has 0 saturated carbocycles. The first-order chi connectivity index (χ1) is 14.8. The SMILES string of the molecule is CC(C)(C)OC(=O)N[C@@H]1CCCN(CCc2ccc(OCc3ccccc3)c(Br)c2)C1. The molecule has 1 amide bonds. The minimum Gasteiger partial charge on any atom is -0.488 e. The molecular formula is C25H33BrN2O3. The summed E-state index contributed by atoms with van der Waals surface area (Å²) in [5, 5.41) is 3.02. The van der Waals surface area contributed by atoms with Crippen LogP contribution in [0.5, 0.6) is 5.75 Å². The number of alkyl carbamates (subject to hydrolysis) is 1. The molecule has 0 radical (unpaired) electrons. The predicted octanol–water partition coefficient (Wildman–Crippen LogP) is 5.56. The number of halogens is 1. The third-order valence-electron chi connectivity index (χ3n) is 5.18. The zero-order valence-corrected chi connectivity index (χ0v) is 20.3. The normalized spacial score (nSPS) is 17.2. The van der Waals surface area contributed by atoms with Crippen molar-refractivity contribution in [2.24, 2.45) is 0 Å². The molecule has 3 rings (SSSR count). The molecule has 1 atom stereocenters. The fraction of sp³-hybridized carbons (Fsp3) is 0.480. The van der Waals surface area contributed by atoms with Gasteiger partial charge in [0.05, 0.1) is 4.47 Å². The first kappa shape index (κ1) is 23.6. The second-order valence-corrected chi connectivity index (χ2v) is 9.93. The Morgan fingerprint density at radius 2 is 1.94 bits per heavy atom. The number of piperidine rings is 1. The fourth-order valence-corrected chi connectivity index (χ4v) is 4.23. The van der Waals surface area contributed by atoms with E-state index in [0.717, 1.165) is 54.7 Å². The summed E-state index contributed by atoms with van der Waals surface area (Å²) in [5.74, 6) is 0.854. The Kier molecular flexibility index (Phi) is 8.38. The van der Waals surface area contributed by atoms with Gasteiger partial charge in [0, 0.05) is 19.1 Å². The van der Waals surface area contributed by atoms with E-state index < -0.39 is 5.60 Å². The maximum Gasteiger partial charge on any atom is 0.407 e. The Hall–Kier alpha value is -2.05. The summed E-state index contributed by atoms with van der Waals surface area (Å²) in [5.41, 5.74) is 1.95. The molecule has 0 aliphatic carbocycles. The van der Waals surface area contributed by atoms with Gasteiger partial charge < -0.3 is 19.7 Å². The number of hydrogen-bond donors (Lipinski definition) is 1. The maximum absolute atomic E-state index is 12.1. The standard InChI is InChI=1S/C25H33BrN2O3/c1-25(2,3)31-24(29)27-21-10-7-14-28(17-21)15-13-19-11-12-23(22(26)16-19)30-18-20-8-5-4-6-9-20/h4-6,8-9,11-12,16,21H,7,10,13-15,17-18H2,1-3H3,(H,27,29)/t21-/m1/s1. The molecule has 1 aliphatic heterocycles. The topological polar surface area (TPSA) is 50.8 Å². The number of hydrogen-bond acceptors (Lipinski definition) is 4. The molecule has 6 heteroatoms. The second kappa shape index (κ2) is 11.0. The highest BCUT2D eigenvalue weighted by atomic mass is 79.9. The monoisotopic (exact) mass is 488 g/mol. The number of nitrogens with one attached hydrogen (secondary N) is 1. The molecule has 168 valence electrons. The first-order valence-corrected chi connectivity index (χ1v) is 11.7. The maximum atomic E-state index is 12.1. The summed E-state index contributed by atoms with van der Waals surface area (Å²) in [6.07, 6.45) is 2.70. The Labute approximate surface area is 194 Å². The van der Waals surface area contributed by atoms with Crippen molar-refractivity contribution >= 4 is 22.0 Å². The van der Waals surface area contributed by atoms with E-state index in [0.29, 0.717) is 6.61 Å². The average Bonchev–Trinajstić information content (AvgIpc) is 2.71. The highest BCUT2D eigenvalue weighted by molar-refractivity contribution is 9.10. The Balaban J connectivity index is 1.46. The van der Waals surface area contributed by atoms with Crippen LogP contribution in [0.15, 0.2) is 53.0 Å². The van der Waals surface area contributed by atoms with Crippen molar-refractivity contribution in [2.45, 2.75) is 58.3 Å². The molecule has 0 spiro atoms. The molecule has 1 fully saturated rings. The molecular weight excluding hydrogens is 456 g/mol. The molecule has 1 heterocycles. The van der Waals surface area contributed by atoms with Gasteiger partial charge >= 0.3 is 6.09 Å². The van der Waals surface area contributed by atoms with Crippen molar-refractivity contribution in [2.75, 3.05) is 19.6 Å². The van der Waals surface area contributed by atoms with Crippen LogP contribution in [-0.2, 0) is 17.8 Å². The van der Waals surface area contributed by atoms with E-state index in [1.807, 2.05) is 45.0 Å².